The zero-order chi connectivity index (χ0) is 9.68. The average molecular weight is 184 g/mol. The van der Waals surface area contributed by atoms with Crippen LogP contribution in [0.4, 0.5) is 0 Å². The van der Waals surface area contributed by atoms with Crippen molar-refractivity contribution in [1.29, 1.82) is 0 Å². The highest BCUT2D eigenvalue weighted by Gasteiger charge is 2.21. The summed E-state index contributed by atoms with van der Waals surface area (Å²) in [4.78, 5) is 11.2. The van der Waals surface area contributed by atoms with Crippen LogP contribution < -0.4 is 10.6 Å². The molecular formula is C10H20N2O. The van der Waals surface area contributed by atoms with E-state index >= 15 is 0 Å². The van der Waals surface area contributed by atoms with Gasteiger partial charge in [-0.05, 0) is 31.2 Å². The summed E-state index contributed by atoms with van der Waals surface area (Å²) >= 11 is 0. The lowest BCUT2D eigenvalue weighted by Crippen LogP contribution is -2.36. The van der Waals surface area contributed by atoms with Gasteiger partial charge in [0.2, 0.25) is 5.91 Å². The minimum Gasteiger partial charge on any atom is -0.355 e. The summed E-state index contributed by atoms with van der Waals surface area (Å²) in [7, 11) is 0. The number of amides is 1. The van der Waals surface area contributed by atoms with Crippen molar-refractivity contribution >= 4 is 5.91 Å². The fraction of sp³-hybridized carbons (Fsp3) is 0.900. The fourth-order valence-electron chi connectivity index (χ4n) is 1.12. The molecule has 1 aliphatic carbocycles. The van der Waals surface area contributed by atoms with Crippen LogP contribution in [0.15, 0.2) is 0 Å². The lowest BCUT2D eigenvalue weighted by molar-refractivity contribution is -0.120. The summed E-state index contributed by atoms with van der Waals surface area (Å²) < 4.78 is 0. The van der Waals surface area contributed by atoms with Gasteiger partial charge in [-0.15, -0.1) is 0 Å². The molecule has 0 unspecified atom stereocenters. The Hall–Kier alpha value is -0.570. The molecule has 0 aromatic rings. The molecule has 0 aromatic carbocycles. The first-order valence-corrected chi connectivity index (χ1v) is 5.16. The third kappa shape index (κ3) is 5.64. The Bertz CT molecular complexity index is 164. The van der Waals surface area contributed by atoms with E-state index in [1.54, 1.807) is 0 Å². The molecule has 76 valence electrons. The van der Waals surface area contributed by atoms with Gasteiger partial charge in [-0.25, -0.2) is 0 Å². The highest BCUT2D eigenvalue weighted by atomic mass is 16.1. The van der Waals surface area contributed by atoms with E-state index in [1.165, 1.54) is 12.8 Å². The van der Waals surface area contributed by atoms with E-state index in [-0.39, 0.29) is 5.91 Å². The van der Waals surface area contributed by atoms with Gasteiger partial charge in [0, 0.05) is 6.54 Å². The van der Waals surface area contributed by atoms with Crippen LogP contribution in [0.25, 0.3) is 0 Å². The van der Waals surface area contributed by atoms with Gasteiger partial charge in [0.25, 0.3) is 0 Å². The fourth-order valence-corrected chi connectivity index (χ4v) is 1.12. The minimum absolute atomic E-state index is 0.132. The number of carbonyl (C=O) groups is 1. The first kappa shape index (κ1) is 10.5. The van der Waals surface area contributed by atoms with E-state index in [4.69, 9.17) is 0 Å². The van der Waals surface area contributed by atoms with Crippen LogP contribution in [-0.2, 0) is 4.79 Å². The molecule has 1 rings (SSSR count). The number of rotatable bonds is 6. The molecule has 2 N–H and O–H groups in total. The molecule has 0 radical (unpaired) electrons. The molecule has 0 spiro atoms. The zero-order valence-corrected chi connectivity index (χ0v) is 8.60. The predicted octanol–water partition coefficient (Wildman–Crippen LogP) is 0.758. The maximum Gasteiger partial charge on any atom is 0.233 e. The Morgan fingerprint density at radius 1 is 1.46 bits per heavy atom. The van der Waals surface area contributed by atoms with Crippen molar-refractivity contribution in [1.82, 2.24) is 10.6 Å². The van der Waals surface area contributed by atoms with Gasteiger partial charge in [0.15, 0.2) is 0 Å². The number of hydrogen-bond donors (Lipinski definition) is 2. The predicted molar refractivity (Wildman–Crippen MR) is 53.4 cm³/mol. The van der Waals surface area contributed by atoms with E-state index in [2.05, 4.69) is 24.5 Å². The molecule has 0 aromatic heterocycles. The quantitative estimate of drug-likeness (QED) is 0.640. The van der Waals surface area contributed by atoms with Crippen molar-refractivity contribution < 1.29 is 4.79 Å². The third-order valence-corrected chi connectivity index (χ3v) is 2.12. The monoisotopic (exact) mass is 184 g/mol. The second kappa shape index (κ2) is 5.22. The molecule has 0 heterocycles. The Kier molecular flexibility index (Phi) is 4.22. The molecule has 0 atom stereocenters. The molecule has 0 aliphatic heterocycles. The van der Waals surface area contributed by atoms with Crippen molar-refractivity contribution in [2.24, 2.45) is 11.8 Å². The highest BCUT2D eigenvalue weighted by molar-refractivity contribution is 5.77. The van der Waals surface area contributed by atoms with E-state index < -0.39 is 0 Å². The van der Waals surface area contributed by atoms with Gasteiger partial charge in [0.1, 0.15) is 0 Å². The van der Waals surface area contributed by atoms with Gasteiger partial charge in [0.05, 0.1) is 6.54 Å². The molecule has 0 saturated heterocycles. The maximum absolute atomic E-state index is 11.2. The molecule has 1 aliphatic rings. The summed E-state index contributed by atoms with van der Waals surface area (Å²) in [6, 6.07) is 0. The topological polar surface area (TPSA) is 41.1 Å². The van der Waals surface area contributed by atoms with Crippen LogP contribution in [0.1, 0.15) is 26.7 Å². The molecular weight excluding hydrogens is 164 g/mol. The second-order valence-corrected chi connectivity index (χ2v) is 4.27. The number of hydrogen-bond acceptors (Lipinski definition) is 2. The van der Waals surface area contributed by atoms with Crippen LogP contribution in [0, 0.1) is 11.8 Å². The minimum atomic E-state index is 0.132. The van der Waals surface area contributed by atoms with Gasteiger partial charge in [-0.1, -0.05) is 13.8 Å². The summed E-state index contributed by atoms with van der Waals surface area (Å²) in [5, 5.41) is 6.03. The van der Waals surface area contributed by atoms with E-state index in [0.29, 0.717) is 12.5 Å². The Balaban J connectivity index is 1.90. The SMILES string of the molecule is CC(C)CNCC(=O)NCC1CC1. The average Bonchev–Trinajstić information content (AvgIpc) is 2.83. The lowest BCUT2D eigenvalue weighted by atomic mass is 10.2. The highest BCUT2D eigenvalue weighted by Crippen LogP contribution is 2.27. The summed E-state index contributed by atoms with van der Waals surface area (Å²) in [5.41, 5.74) is 0. The molecule has 3 nitrogen and oxygen atoms in total. The first-order chi connectivity index (χ1) is 6.18. The Morgan fingerprint density at radius 2 is 2.15 bits per heavy atom. The standard InChI is InChI=1S/C10H20N2O/c1-8(2)5-11-7-10(13)12-6-9-3-4-9/h8-9,11H,3-7H2,1-2H3,(H,12,13). The Morgan fingerprint density at radius 3 is 2.69 bits per heavy atom. The van der Waals surface area contributed by atoms with Crippen molar-refractivity contribution in [3.05, 3.63) is 0 Å². The van der Waals surface area contributed by atoms with Crippen LogP contribution >= 0.6 is 0 Å². The molecule has 13 heavy (non-hydrogen) atoms. The Labute approximate surface area is 80.3 Å². The van der Waals surface area contributed by atoms with Crippen LogP contribution in [0.3, 0.4) is 0 Å². The molecule has 0 bridgehead atoms. The van der Waals surface area contributed by atoms with E-state index in [9.17, 15) is 4.79 Å². The second-order valence-electron chi connectivity index (χ2n) is 4.27. The first-order valence-electron chi connectivity index (χ1n) is 5.16. The van der Waals surface area contributed by atoms with Crippen LogP contribution in [-0.4, -0.2) is 25.5 Å². The van der Waals surface area contributed by atoms with Gasteiger partial charge < -0.3 is 10.6 Å². The summed E-state index contributed by atoms with van der Waals surface area (Å²) in [6.45, 7) is 6.52. The zero-order valence-electron chi connectivity index (χ0n) is 8.60. The lowest BCUT2D eigenvalue weighted by Gasteiger charge is -2.07. The van der Waals surface area contributed by atoms with Gasteiger partial charge in [-0.3, -0.25) is 4.79 Å². The third-order valence-electron chi connectivity index (χ3n) is 2.12. The molecule has 3 heteroatoms. The molecule has 1 amide bonds. The van der Waals surface area contributed by atoms with Crippen molar-refractivity contribution in [3.8, 4) is 0 Å². The number of carbonyl (C=O) groups excluding carboxylic acids is 1. The number of nitrogens with one attached hydrogen (secondary N) is 2. The van der Waals surface area contributed by atoms with Crippen LogP contribution in [0.5, 0.6) is 0 Å². The van der Waals surface area contributed by atoms with Crippen molar-refractivity contribution in [3.63, 3.8) is 0 Å². The maximum atomic E-state index is 11.2. The van der Waals surface area contributed by atoms with Crippen molar-refractivity contribution in [2.45, 2.75) is 26.7 Å². The molecule has 1 fully saturated rings. The van der Waals surface area contributed by atoms with Crippen molar-refractivity contribution in [2.75, 3.05) is 19.6 Å². The summed E-state index contributed by atoms with van der Waals surface area (Å²) in [6.07, 6.45) is 2.58. The van der Waals surface area contributed by atoms with Crippen LogP contribution in [0.2, 0.25) is 0 Å². The molecule has 1 saturated carbocycles. The van der Waals surface area contributed by atoms with Gasteiger partial charge >= 0.3 is 0 Å². The summed E-state index contributed by atoms with van der Waals surface area (Å²) in [5.74, 6) is 1.51. The van der Waals surface area contributed by atoms with E-state index in [0.717, 1.165) is 19.0 Å². The van der Waals surface area contributed by atoms with Gasteiger partial charge in [-0.2, -0.15) is 0 Å². The largest absolute Gasteiger partial charge is 0.355 e. The smallest absolute Gasteiger partial charge is 0.233 e. The van der Waals surface area contributed by atoms with E-state index in [1.807, 2.05) is 0 Å². The normalized spacial score (nSPS) is 16.2.